The van der Waals surface area contributed by atoms with Crippen molar-refractivity contribution in [2.24, 2.45) is 5.92 Å². The van der Waals surface area contributed by atoms with Gasteiger partial charge in [-0.15, -0.1) is 0 Å². The Hall–Kier alpha value is -1.95. The molecule has 3 heterocycles. The van der Waals surface area contributed by atoms with E-state index in [1.165, 1.54) is 5.56 Å². The van der Waals surface area contributed by atoms with Gasteiger partial charge in [0.05, 0.1) is 25.8 Å². The van der Waals surface area contributed by atoms with Crippen molar-refractivity contribution in [2.45, 2.75) is 25.3 Å². The molecule has 1 aromatic rings. The highest BCUT2D eigenvalue weighted by Gasteiger charge is 2.31. The van der Waals surface area contributed by atoms with Crippen molar-refractivity contribution >= 4 is 11.8 Å². The van der Waals surface area contributed by atoms with Crippen molar-refractivity contribution in [2.75, 3.05) is 26.3 Å². The second-order valence-corrected chi connectivity index (χ2v) is 5.95. The van der Waals surface area contributed by atoms with Gasteiger partial charge in [-0.1, -0.05) is 0 Å². The summed E-state index contributed by atoms with van der Waals surface area (Å²) in [5.41, 5.74) is 1.19. The number of hydrogen-bond donors (Lipinski definition) is 1. The predicted molar refractivity (Wildman–Crippen MR) is 80.0 cm³/mol. The van der Waals surface area contributed by atoms with E-state index in [9.17, 15) is 9.59 Å². The molecule has 118 valence electrons. The first-order valence-electron chi connectivity index (χ1n) is 7.76. The van der Waals surface area contributed by atoms with Gasteiger partial charge in [-0.05, 0) is 30.5 Å². The van der Waals surface area contributed by atoms with Gasteiger partial charge < -0.3 is 15.0 Å². The van der Waals surface area contributed by atoms with Crippen LogP contribution in [0.25, 0.3) is 0 Å². The van der Waals surface area contributed by atoms with E-state index in [0.29, 0.717) is 26.2 Å². The van der Waals surface area contributed by atoms with Crippen molar-refractivity contribution in [1.82, 2.24) is 15.2 Å². The van der Waals surface area contributed by atoms with Gasteiger partial charge in [0, 0.05) is 31.3 Å². The van der Waals surface area contributed by atoms with Crippen molar-refractivity contribution in [3.8, 4) is 0 Å². The Balaban J connectivity index is 1.52. The van der Waals surface area contributed by atoms with Gasteiger partial charge in [0.15, 0.2) is 0 Å². The second kappa shape index (κ2) is 6.87. The zero-order valence-electron chi connectivity index (χ0n) is 12.5. The molecule has 1 aromatic heterocycles. The molecule has 2 saturated heterocycles. The molecule has 0 unspecified atom stereocenters. The molecule has 6 nitrogen and oxygen atoms in total. The maximum atomic E-state index is 12.1. The molecule has 22 heavy (non-hydrogen) atoms. The fourth-order valence-electron chi connectivity index (χ4n) is 3.08. The largest absolute Gasteiger partial charge is 0.379 e. The number of likely N-dealkylation sites (tertiary alicyclic amines) is 1. The second-order valence-electron chi connectivity index (χ2n) is 5.95. The van der Waals surface area contributed by atoms with Crippen molar-refractivity contribution in [3.05, 3.63) is 30.1 Å². The van der Waals surface area contributed by atoms with Gasteiger partial charge >= 0.3 is 0 Å². The average Bonchev–Trinajstić information content (AvgIpc) is 3.10. The van der Waals surface area contributed by atoms with Gasteiger partial charge in [-0.25, -0.2) is 0 Å². The average molecular weight is 303 g/mol. The van der Waals surface area contributed by atoms with Crippen LogP contribution < -0.4 is 5.32 Å². The number of carbonyl (C=O) groups excluding carboxylic acids is 2. The molecule has 2 atom stereocenters. The number of amides is 2. The summed E-state index contributed by atoms with van der Waals surface area (Å²) < 4.78 is 5.52. The number of carbonyl (C=O) groups is 2. The quantitative estimate of drug-likeness (QED) is 0.853. The van der Waals surface area contributed by atoms with Gasteiger partial charge in [0.1, 0.15) is 0 Å². The van der Waals surface area contributed by atoms with Crippen LogP contribution in [-0.4, -0.2) is 54.0 Å². The molecule has 2 fully saturated rings. The van der Waals surface area contributed by atoms with E-state index in [1.54, 1.807) is 17.3 Å². The zero-order chi connectivity index (χ0) is 15.4. The fourth-order valence-corrected chi connectivity index (χ4v) is 3.08. The van der Waals surface area contributed by atoms with Crippen LogP contribution in [0, 0.1) is 5.92 Å². The van der Waals surface area contributed by atoms with Crippen molar-refractivity contribution in [1.29, 1.82) is 0 Å². The summed E-state index contributed by atoms with van der Waals surface area (Å²) in [4.78, 5) is 29.3. The molecule has 2 amide bonds. The SMILES string of the molecule is O=C(CN1CCCC1=O)N[C@@H]1COC[C@H]1Cc1ccncc1. The van der Waals surface area contributed by atoms with E-state index in [4.69, 9.17) is 4.74 Å². The normalized spacial score (nSPS) is 24.7. The number of nitrogens with zero attached hydrogens (tertiary/aromatic N) is 2. The lowest BCUT2D eigenvalue weighted by molar-refractivity contribution is -0.133. The van der Waals surface area contributed by atoms with Gasteiger partial charge in [-0.2, -0.15) is 0 Å². The molecular weight excluding hydrogens is 282 g/mol. The first kappa shape index (κ1) is 15.0. The van der Waals surface area contributed by atoms with E-state index in [-0.39, 0.29) is 30.3 Å². The maximum Gasteiger partial charge on any atom is 0.239 e. The first-order chi connectivity index (χ1) is 10.7. The van der Waals surface area contributed by atoms with E-state index in [2.05, 4.69) is 10.3 Å². The summed E-state index contributed by atoms with van der Waals surface area (Å²) in [6, 6.07) is 3.98. The van der Waals surface area contributed by atoms with Crippen LogP contribution >= 0.6 is 0 Å². The Labute approximate surface area is 129 Å². The smallest absolute Gasteiger partial charge is 0.239 e. The Kier molecular flexibility index (Phi) is 4.68. The fraction of sp³-hybridized carbons (Fsp3) is 0.562. The number of nitrogens with one attached hydrogen (secondary N) is 1. The van der Waals surface area contributed by atoms with Gasteiger partial charge in [0.2, 0.25) is 11.8 Å². The molecule has 0 spiro atoms. The number of ether oxygens (including phenoxy) is 1. The predicted octanol–water partition coefficient (Wildman–Crippen LogP) is 0.378. The molecule has 2 aliphatic rings. The number of rotatable bonds is 5. The lowest BCUT2D eigenvalue weighted by Gasteiger charge is -2.21. The summed E-state index contributed by atoms with van der Waals surface area (Å²) in [7, 11) is 0. The molecule has 0 aromatic carbocycles. The highest BCUT2D eigenvalue weighted by Crippen LogP contribution is 2.19. The van der Waals surface area contributed by atoms with Crippen LogP contribution in [0.3, 0.4) is 0 Å². The van der Waals surface area contributed by atoms with E-state index < -0.39 is 0 Å². The van der Waals surface area contributed by atoms with Crippen LogP contribution in [0.1, 0.15) is 18.4 Å². The van der Waals surface area contributed by atoms with E-state index in [0.717, 1.165) is 12.8 Å². The topological polar surface area (TPSA) is 71.5 Å². The van der Waals surface area contributed by atoms with E-state index >= 15 is 0 Å². The standard InChI is InChI=1S/C16H21N3O3/c20-15(9-19-7-1-2-16(19)21)18-14-11-22-10-13(14)8-12-3-5-17-6-4-12/h3-6,13-14H,1-2,7-11H2,(H,18,20)/t13-,14-/m1/s1. The third kappa shape index (κ3) is 3.62. The third-order valence-corrected chi connectivity index (χ3v) is 4.30. The van der Waals surface area contributed by atoms with Crippen molar-refractivity contribution in [3.63, 3.8) is 0 Å². The third-order valence-electron chi connectivity index (χ3n) is 4.30. The Bertz CT molecular complexity index is 535. The van der Waals surface area contributed by atoms with Crippen molar-refractivity contribution < 1.29 is 14.3 Å². The molecular formula is C16H21N3O3. The number of aromatic nitrogens is 1. The number of hydrogen-bond acceptors (Lipinski definition) is 4. The molecule has 0 saturated carbocycles. The molecule has 0 aliphatic carbocycles. The summed E-state index contributed by atoms with van der Waals surface area (Å²) in [5.74, 6) is 0.247. The minimum absolute atomic E-state index is 0.0124. The highest BCUT2D eigenvalue weighted by atomic mass is 16.5. The monoisotopic (exact) mass is 303 g/mol. The lowest BCUT2D eigenvalue weighted by atomic mass is 9.95. The summed E-state index contributed by atoms with van der Waals surface area (Å²) >= 11 is 0. The lowest BCUT2D eigenvalue weighted by Crippen LogP contribution is -2.45. The molecule has 3 rings (SSSR count). The molecule has 0 radical (unpaired) electrons. The summed E-state index contributed by atoms with van der Waals surface area (Å²) in [6.45, 7) is 2.04. The minimum Gasteiger partial charge on any atom is -0.379 e. The molecule has 2 aliphatic heterocycles. The van der Waals surface area contributed by atoms with Crippen LogP contribution in [-0.2, 0) is 20.7 Å². The van der Waals surface area contributed by atoms with Crippen LogP contribution in [0.2, 0.25) is 0 Å². The van der Waals surface area contributed by atoms with Crippen LogP contribution in [0.4, 0.5) is 0 Å². The zero-order valence-corrected chi connectivity index (χ0v) is 12.5. The molecule has 1 N–H and O–H groups in total. The minimum atomic E-state index is -0.0921. The van der Waals surface area contributed by atoms with Crippen LogP contribution in [0.15, 0.2) is 24.5 Å². The number of pyridine rings is 1. The summed E-state index contributed by atoms with van der Waals surface area (Å²) in [5, 5.41) is 3.02. The van der Waals surface area contributed by atoms with E-state index in [1.807, 2.05) is 12.1 Å². The maximum absolute atomic E-state index is 12.1. The van der Waals surface area contributed by atoms with Crippen LogP contribution in [0.5, 0.6) is 0 Å². The molecule has 6 heteroatoms. The highest BCUT2D eigenvalue weighted by molar-refractivity contribution is 5.86. The van der Waals surface area contributed by atoms with Gasteiger partial charge in [-0.3, -0.25) is 14.6 Å². The Morgan fingerprint density at radius 2 is 2.18 bits per heavy atom. The summed E-state index contributed by atoms with van der Waals surface area (Å²) in [6.07, 6.45) is 5.82. The Morgan fingerprint density at radius 3 is 2.91 bits per heavy atom. The van der Waals surface area contributed by atoms with Gasteiger partial charge in [0.25, 0.3) is 0 Å². The first-order valence-corrected chi connectivity index (χ1v) is 7.76. The Morgan fingerprint density at radius 1 is 1.36 bits per heavy atom. The molecule has 0 bridgehead atoms.